The highest BCUT2D eigenvalue weighted by Crippen LogP contribution is 2.34. The lowest BCUT2D eigenvalue weighted by molar-refractivity contribution is 0.0602. The van der Waals surface area contributed by atoms with Crippen LogP contribution >= 0.6 is 0 Å². The first kappa shape index (κ1) is 16.6. The number of benzene rings is 2. The number of hydrogen-bond acceptors (Lipinski definition) is 5. The van der Waals surface area contributed by atoms with Gasteiger partial charge in [0.05, 0.1) is 37.0 Å². The van der Waals surface area contributed by atoms with Crippen LogP contribution in [0, 0.1) is 6.92 Å². The first-order valence-corrected chi connectivity index (χ1v) is 8.61. The summed E-state index contributed by atoms with van der Waals surface area (Å²) in [5.74, 6) is -0.434. The maximum atomic E-state index is 13.0. The number of ether oxygens (including phenoxy) is 2. The van der Waals surface area contributed by atoms with Crippen LogP contribution in [0.25, 0.3) is 21.7 Å². The van der Waals surface area contributed by atoms with Crippen molar-refractivity contribution in [2.45, 2.75) is 6.92 Å². The van der Waals surface area contributed by atoms with Crippen LogP contribution in [-0.2, 0) is 9.47 Å². The summed E-state index contributed by atoms with van der Waals surface area (Å²) in [4.78, 5) is 30.6. The number of rotatable bonds is 2. The highest BCUT2D eigenvalue weighted by Gasteiger charge is 2.24. The minimum atomic E-state index is -0.434. The van der Waals surface area contributed by atoms with E-state index in [1.807, 2.05) is 37.3 Å². The Kier molecular flexibility index (Phi) is 4.12. The van der Waals surface area contributed by atoms with Gasteiger partial charge in [-0.05, 0) is 24.6 Å². The van der Waals surface area contributed by atoms with Crippen molar-refractivity contribution >= 4 is 33.3 Å². The summed E-state index contributed by atoms with van der Waals surface area (Å²) in [6.45, 7) is 4.53. The van der Waals surface area contributed by atoms with Crippen molar-refractivity contribution in [2.75, 3.05) is 38.3 Å². The molecular formula is C20H20N2O4. The molecular weight excluding hydrogens is 332 g/mol. The number of esters is 1. The van der Waals surface area contributed by atoms with Gasteiger partial charge in [0.25, 0.3) is 5.56 Å². The topological polar surface area (TPSA) is 71.6 Å². The van der Waals surface area contributed by atoms with Crippen molar-refractivity contribution in [3.63, 3.8) is 0 Å². The molecule has 26 heavy (non-hydrogen) atoms. The fourth-order valence-corrected chi connectivity index (χ4v) is 3.71. The Labute approximate surface area is 150 Å². The molecule has 1 aliphatic heterocycles. The number of anilines is 1. The third-order valence-electron chi connectivity index (χ3n) is 4.92. The summed E-state index contributed by atoms with van der Waals surface area (Å²) in [5, 5.41) is 2.01. The third-order valence-corrected chi connectivity index (χ3v) is 4.92. The molecule has 1 saturated heterocycles. The number of carbonyl (C=O) groups is 1. The molecule has 3 aromatic rings. The van der Waals surface area contributed by atoms with Gasteiger partial charge in [0.15, 0.2) is 0 Å². The van der Waals surface area contributed by atoms with Crippen molar-refractivity contribution in [3.05, 3.63) is 51.8 Å². The Bertz CT molecular complexity index is 1060. The van der Waals surface area contributed by atoms with Crippen LogP contribution in [0.2, 0.25) is 0 Å². The smallest absolute Gasteiger partial charge is 0.338 e. The second-order valence-corrected chi connectivity index (χ2v) is 6.43. The summed E-state index contributed by atoms with van der Waals surface area (Å²) in [6, 6.07) is 9.43. The molecule has 6 heteroatoms. The number of nitrogens with zero attached hydrogens (tertiary/aromatic N) is 1. The molecule has 2 aromatic carbocycles. The highest BCUT2D eigenvalue weighted by atomic mass is 16.5. The lowest BCUT2D eigenvalue weighted by Crippen LogP contribution is -2.37. The van der Waals surface area contributed by atoms with E-state index < -0.39 is 5.97 Å². The first-order valence-electron chi connectivity index (χ1n) is 8.61. The monoisotopic (exact) mass is 352 g/mol. The zero-order chi connectivity index (χ0) is 18.3. The SMILES string of the molecule is COC(=O)c1c(C)cc(N2CCOCC2)c2c(=O)[nH]c3ccccc3c12. The average molecular weight is 352 g/mol. The first-order chi connectivity index (χ1) is 12.6. The van der Waals surface area contributed by atoms with Crippen molar-refractivity contribution < 1.29 is 14.3 Å². The molecule has 0 radical (unpaired) electrons. The number of carbonyl (C=O) groups excluding carboxylic acids is 1. The summed E-state index contributed by atoms with van der Waals surface area (Å²) in [7, 11) is 1.36. The van der Waals surface area contributed by atoms with Crippen LogP contribution in [0.5, 0.6) is 0 Å². The fraction of sp³-hybridized carbons (Fsp3) is 0.300. The van der Waals surface area contributed by atoms with Gasteiger partial charge >= 0.3 is 5.97 Å². The molecule has 6 nitrogen and oxygen atoms in total. The lowest BCUT2D eigenvalue weighted by atomic mass is 9.95. The number of aryl methyl sites for hydroxylation is 1. The maximum absolute atomic E-state index is 13.0. The molecule has 0 atom stereocenters. The van der Waals surface area contributed by atoms with E-state index in [4.69, 9.17) is 9.47 Å². The molecule has 2 heterocycles. The van der Waals surface area contributed by atoms with Gasteiger partial charge in [0.2, 0.25) is 0 Å². The molecule has 0 aliphatic carbocycles. The molecule has 4 rings (SSSR count). The van der Waals surface area contributed by atoms with Crippen molar-refractivity contribution in [2.24, 2.45) is 0 Å². The van der Waals surface area contributed by atoms with E-state index in [-0.39, 0.29) is 5.56 Å². The van der Waals surface area contributed by atoms with Crippen LogP contribution < -0.4 is 10.5 Å². The van der Waals surface area contributed by atoms with Crippen LogP contribution in [-0.4, -0.2) is 44.4 Å². The van der Waals surface area contributed by atoms with Crippen molar-refractivity contribution in [3.8, 4) is 0 Å². The second kappa shape index (κ2) is 6.46. The maximum Gasteiger partial charge on any atom is 0.338 e. The number of pyridine rings is 1. The molecule has 0 spiro atoms. The summed E-state index contributed by atoms with van der Waals surface area (Å²) >= 11 is 0. The van der Waals surface area contributed by atoms with Crippen LogP contribution in [0.15, 0.2) is 35.1 Å². The van der Waals surface area contributed by atoms with E-state index in [1.54, 1.807) is 0 Å². The Hall–Kier alpha value is -2.86. The molecule has 1 aromatic heterocycles. The van der Waals surface area contributed by atoms with E-state index in [1.165, 1.54) is 7.11 Å². The third kappa shape index (κ3) is 2.54. The number of aromatic amines is 1. The zero-order valence-corrected chi connectivity index (χ0v) is 14.8. The van der Waals surface area contributed by atoms with Gasteiger partial charge in [-0.2, -0.15) is 0 Å². The predicted molar refractivity (Wildman–Crippen MR) is 101 cm³/mol. The molecule has 1 N–H and O–H groups in total. The minimum absolute atomic E-state index is 0.203. The Morgan fingerprint density at radius 1 is 1.19 bits per heavy atom. The molecule has 134 valence electrons. The normalized spacial score (nSPS) is 14.8. The largest absolute Gasteiger partial charge is 0.465 e. The summed E-state index contributed by atoms with van der Waals surface area (Å²) in [5.41, 5.74) is 2.57. The van der Waals surface area contributed by atoms with E-state index >= 15 is 0 Å². The number of fused-ring (bicyclic) bond motifs is 3. The number of hydrogen-bond donors (Lipinski definition) is 1. The van der Waals surface area contributed by atoms with Gasteiger partial charge in [0, 0.05) is 29.4 Å². The molecule has 0 saturated carbocycles. The lowest BCUT2D eigenvalue weighted by Gasteiger charge is -2.30. The van der Waals surface area contributed by atoms with Gasteiger partial charge in [-0.25, -0.2) is 4.79 Å². The number of methoxy groups -OCH3 is 1. The number of aromatic nitrogens is 1. The summed E-state index contributed by atoms with van der Waals surface area (Å²) in [6.07, 6.45) is 0. The Balaban J connectivity index is 2.17. The average Bonchev–Trinajstić information content (AvgIpc) is 2.67. The molecule has 0 unspecified atom stereocenters. The number of nitrogens with one attached hydrogen (secondary N) is 1. The van der Waals surface area contributed by atoms with Gasteiger partial charge < -0.3 is 19.4 Å². The van der Waals surface area contributed by atoms with E-state index in [0.29, 0.717) is 48.2 Å². The van der Waals surface area contributed by atoms with Crippen molar-refractivity contribution in [1.29, 1.82) is 0 Å². The number of H-pyrrole nitrogens is 1. The minimum Gasteiger partial charge on any atom is -0.465 e. The standard InChI is InChI=1S/C20H20N2O4/c1-12-11-15(22-7-9-26-10-8-22)18-17(16(12)20(24)25-2)13-5-3-4-6-14(13)21-19(18)23/h3-6,11H,7-10H2,1-2H3,(H,21,23). The van der Waals surface area contributed by atoms with Crippen LogP contribution in [0.3, 0.4) is 0 Å². The molecule has 1 aliphatic rings. The predicted octanol–water partition coefficient (Wildman–Crippen LogP) is 2.61. The Morgan fingerprint density at radius 2 is 1.92 bits per heavy atom. The molecule has 1 fully saturated rings. The number of morpholine rings is 1. The van der Waals surface area contributed by atoms with E-state index in [0.717, 1.165) is 16.6 Å². The van der Waals surface area contributed by atoms with E-state index in [9.17, 15) is 9.59 Å². The Morgan fingerprint density at radius 3 is 2.65 bits per heavy atom. The fourth-order valence-electron chi connectivity index (χ4n) is 3.71. The van der Waals surface area contributed by atoms with Crippen LogP contribution in [0.4, 0.5) is 5.69 Å². The second-order valence-electron chi connectivity index (χ2n) is 6.43. The van der Waals surface area contributed by atoms with Gasteiger partial charge in [-0.3, -0.25) is 4.79 Å². The van der Waals surface area contributed by atoms with Gasteiger partial charge in [0.1, 0.15) is 0 Å². The van der Waals surface area contributed by atoms with Gasteiger partial charge in [-0.15, -0.1) is 0 Å². The quantitative estimate of drug-likeness (QED) is 0.567. The molecule has 0 amide bonds. The van der Waals surface area contributed by atoms with Gasteiger partial charge in [-0.1, -0.05) is 18.2 Å². The highest BCUT2D eigenvalue weighted by molar-refractivity contribution is 6.19. The van der Waals surface area contributed by atoms with Crippen molar-refractivity contribution in [1.82, 2.24) is 4.98 Å². The van der Waals surface area contributed by atoms with E-state index in [2.05, 4.69) is 9.88 Å². The molecule has 0 bridgehead atoms. The van der Waals surface area contributed by atoms with Crippen LogP contribution in [0.1, 0.15) is 15.9 Å². The summed E-state index contributed by atoms with van der Waals surface area (Å²) < 4.78 is 10.5. The zero-order valence-electron chi connectivity index (χ0n) is 14.8. The number of para-hydroxylation sites is 1.